The Morgan fingerprint density at radius 2 is 1.98 bits per heavy atom. The monoisotopic (exact) mass is 571 g/mol. The van der Waals surface area contributed by atoms with Gasteiger partial charge in [-0.25, -0.2) is 0 Å². The molecule has 2 heterocycles. The lowest BCUT2D eigenvalue weighted by Crippen LogP contribution is -2.42. The van der Waals surface area contributed by atoms with Gasteiger partial charge in [0.05, 0.1) is 30.4 Å². The van der Waals surface area contributed by atoms with E-state index in [0.717, 1.165) is 16.8 Å². The molecule has 10 heteroatoms. The van der Waals surface area contributed by atoms with Crippen LogP contribution >= 0.6 is 23.1 Å². The predicted molar refractivity (Wildman–Crippen MR) is 156 cm³/mol. The summed E-state index contributed by atoms with van der Waals surface area (Å²) >= 11 is 2.58. The summed E-state index contributed by atoms with van der Waals surface area (Å²) in [4.78, 5) is 28.1. The van der Waals surface area contributed by atoms with Gasteiger partial charge in [-0.15, -0.1) is 10.2 Å². The third-order valence-corrected chi connectivity index (χ3v) is 9.14. The Morgan fingerprint density at radius 3 is 2.67 bits per heavy atom. The first kappa shape index (κ1) is 27.6. The fourth-order valence-electron chi connectivity index (χ4n) is 5.18. The SMILES string of the molecule is COc1cccc(C2C(C#N)=C(N)N(c3nnc(SCC(=O)c4ccc(C)cc4)s3)C3=C2C(=O)CC(C)(C)C3)c1. The number of carbonyl (C=O) groups excluding carboxylic acids is 2. The van der Waals surface area contributed by atoms with Crippen molar-refractivity contribution in [3.8, 4) is 11.8 Å². The second-order valence-corrected chi connectivity index (χ2v) is 12.9. The maximum absolute atomic E-state index is 13.7. The van der Waals surface area contributed by atoms with E-state index in [-0.39, 0.29) is 34.1 Å². The van der Waals surface area contributed by atoms with Crippen LogP contribution < -0.4 is 15.4 Å². The molecule has 0 fully saturated rings. The number of aryl methyl sites for hydroxylation is 1. The lowest BCUT2D eigenvalue weighted by Gasteiger charge is -2.42. The van der Waals surface area contributed by atoms with E-state index in [0.29, 0.717) is 39.2 Å². The number of ketones is 2. The molecule has 2 aliphatic rings. The van der Waals surface area contributed by atoms with Crippen LogP contribution in [0.15, 0.2) is 75.5 Å². The van der Waals surface area contributed by atoms with E-state index in [1.54, 1.807) is 12.0 Å². The van der Waals surface area contributed by atoms with Crippen LogP contribution in [0.3, 0.4) is 0 Å². The average Bonchev–Trinajstić information content (AvgIpc) is 3.39. The van der Waals surface area contributed by atoms with Gasteiger partial charge in [-0.05, 0) is 36.5 Å². The highest BCUT2D eigenvalue weighted by Gasteiger charge is 2.45. The number of nitriles is 1. The molecule has 0 spiro atoms. The van der Waals surface area contributed by atoms with Crippen molar-refractivity contribution in [2.24, 2.45) is 11.1 Å². The van der Waals surface area contributed by atoms with Gasteiger partial charge in [0.15, 0.2) is 15.9 Å². The summed E-state index contributed by atoms with van der Waals surface area (Å²) in [5.41, 5.74) is 10.5. The number of Topliss-reactive ketones (excluding diaryl/α,β-unsaturated/α-hetero) is 2. The molecule has 1 aliphatic carbocycles. The maximum atomic E-state index is 13.7. The van der Waals surface area contributed by atoms with Crippen LogP contribution in [0.1, 0.15) is 54.1 Å². The van der Waals surface area contributed by atoms with Crippen molar-refractivity contribution in [2.75, 3.05) is 17.8 Å². The summed E-state index contributed by atoms with van der Waals surface area (Å²) in [5, 5.41) is 19.4. The quantitative estimate of drug-likeness (QED) is 0.278. The largest absolute Gasteiger partial charge is 0.497 e. The molecule has 40 heavy (non-hydrogen) atoms. The molecule has 1 aromatic heterocycles. The van der Waals surface area contributed by atoms with Crippen LogP contribution in [0, 0.1) is 23.7 Å². The Hall–Kier alpha value is -3.94. The predicted octanol–water partition coefficient (Wildman–Crippen LogP) is 5.77. The number of nitrogens with zero attached hydrogens (tertiary/aromatic N) is 4. The number of rotatable bonds is 7. The van der Waals surface area contributed by atoms with Gasteiger partial charge in [0, 0.05) is 23.3 Å². The fraction of sp³-hybridized carbons (Fsp3) is 0.300. The van der Waals surface area contributed by atoms with Gasteiger partial charge in [-0.1, -0.05) is 78.9 Å². The van der Waals surface area contributed by atoms with Gasteiger partial charge in [0.25, 0.3) is 0 Å². The lowest BCUT2D eigenvalue weighted by molar-refractivity contribution is -0.118. The molecule has 0 bridgehead atoms. The van der Waals surface area contributed by atoms with Gasteiger partial charge in [-0.3, -0.25) is 14.5 Å². The highest BCUT2D eigenvalue weighted by Crippen LogP contribution is 2.51. The van der Waals surface area contributed by atoms with Crippen molar-refractivity contribution in [1.29, 1.82) is 5.26 Å². The van der Waals surface area contributed by atoms with Crippen LogP contribution in [0.2, 0.25) is 0 Å². The number of hydrogen-bond acceptors (Lipinski definition) is 10. The molecule has 1 atom stereocenters. The van der Waals surface area contributed by atoms with Gasteiger partial charge in [0.2, 0.25) is 5.13 Å². The number of hydrogen-bond donors (Lipinski definition) is 1. The minimum atomic E-state index is -0.608. The molecule has 0 radical (unpaired) electrons. The van der Waals surface area contributed by atoms with E-state index >= 15 is 0 Å². The molecule has 5 rings (SSSR count). The van der Waals surface area contributed by atoms with E-state index in [4.69, 9.17) is 10.5 Å². The molecular formula is C30H29N5O3S2. The first-order valence-electron chi connectivity index (χ1n) is 12.8. The molecule has 0 amide bonds. The molecule has 3 aromatic rings. The summed E-state index contributed by atoms with van der Waals surface area (Å²) in [5.74, 6) is 0.437. The first-order valence-corrected chi connectivity index (χ1v) is 14.6. The molecule has 0 saturated heterocycles. The second-order valence-electron chi connectivity index (χ2n) is 10.7. The minimum Gasteiger partial charge on any atom is -0.497 e. The topological polar surface area (TPSA) is 122 Å². The number of nitrogens with two attached hydrogens (primary N) is 1. The number of carbonyl (C=O) groups is 2. The summed E-state index contributed by atoms with van der Waals surface area (Å²) in [6.45, 7) is 6.07. The van der Waals surface area contributed by atoms with Gasteiger partial charge >= 0.3 is 0 Å². The molecule has 0 saturated carbocycles. The van der Waals surface area contributed by atoms with Crippen LogP contribution in [0.25, 0.3) is 0 Å². The highest BCUT2D eigenvalue weighted by atomic mass is 32.2. The Balaban J connectivity index is 1.52. The van der Waals surface area contributed by atoms with Crippen molar-refractivity contribution in [3.63, 3.8) is 0 Å². The Morgan fingerprint density at radius 1 is 1.23 bits per heavy atom. The van der Waals surface area contributed by atoms with E-state index in [1.807, 2.05) is 69.3 Å². The van der Waals surface area contributed by atoms with E-state index in [9.17, 15) is 14.9 Å². The molecule has 1 unspecified atom stereocenters. The number of thioether (sulfide) groups is 1. The Labute approximate surface area is 241 Å². The van der Waals surface area contributed by atoms with Crippen molar-refractivity contribution in [2.45, 2.75) is 43.9 Å². The zero-order chi connectivity index (χ0) is 28.6. The molecule has 8 nitrogen and oxygen atoms in total. The van der Waals surface area contributed by atoms with Crippen molar-refractivity contribution in [3.05, 3.63) is 87.9 Å². The molecular weight excluding hydrogens is 542 g/mol. The zero-order valence-corrected chi connectivity index (χ0v) is 24.4. The number of anilines is 1. The molecule has 1 aliphatic heterocycles. The molecule has 204 valence electrons. The average molecular weight is 572 g/mol. The van der Waals surface area contributed by atoms with Crippen LogP contribution in [-0.4, -0.2) is 34.6 Å². The van der Waals surface area contributed by atoms with Crippen molar-refractivity contribution < 1.29 is 14.3 Å². The van der Waals surface area contributed by atoms with Gasteiger partial charge in [0.1, 0.15) is 11.6 Å². The smallest absolute Gasteiger partial charge is 0.219 e. The van der Waals surface area contributed by atoms with Crippen LogP contribution in [0.5, 0.6) is 5.75 Å². The van der Waals surface area contributed by atoms with Gasteiger partial charge < -0.3 is 10.5 Å². The highest BCUT2D eigenvalue weighted by molar-refractivity contribution is 8.01. The third-order valence-electron chi connectivity index (χ3n) is 7.10. The first-order chi connectivity index (χ1) is 19.1. The lowest BCUT2D eigenvalue weighted by atomic mass is 9.68. The van der Waals surface area contributed by atoms with Crippen LogP contribution in [-0.2, 0) is 4.79 Å². The normalized spacial score (nSPS) is 18.4. The standard InChI is InChI=1S/C30H29N5O3S2/c1-17-8-10-18(11-9-17)24(37)16-39-29-34-33-28(40-29)35-22-13-30(2,3)14-23(36)26(22)25(21(15-31)27(35)32)19-6-5-7-20(12-19)38-4/h5-12,25H,13-14,16,32H2,1-4H3. The molecule has 2 N–H and O–H groups in total. The fourth-order valence-corrected chi connectivity index (χ4v) is 6.96. The maximum Gasteiger partial charge on any atom is 0.219 e. The summed E-state index contributed by atoms with van der Waals surface area (Å²) in [7, 11) is 1.58. The number of benzene rings is 2. The summed E-state index contributed by atoms with van der Waals surface area (Å²) < 4.78 is 6.02. The zero-order valence-electron chi connectivity index (χ0n) is 22.7. The van der Waals surface area contributed by atoms with E-state index in [2.05, 4.69) is 16.3 Å². The van der Waals surface area contributed by atoms with Crippen molar-refractivity contribution in [1.82, 2.24) is 10.2 Å². The number of methoxy groups -OCH3 is 1. The Bertz CT molecular complexity index is 1600. The number of allylic oxidation sites excluding steroid dienone is 3. The van der Waals surface area contributed by atoms with Crippen LogP contribution in [0.4, 0.5) is 5.13 Å². The number of aromatic nitrogens is 2. The van der Waals surface area contributed by atoms with Gasteiger partial charge in [-0.2, -0.15) is 5.26 Å². The number of ether oxygens (including phenoxy) is 1. The second kappa shape index (κ2) is 10.9. The van der Waals surface area contributed by atoms with Crippen molar-refractivity contribution >= 4 is 39.8 Å². The van der Waals surface area contributed by atoms with E-state index in [1.165, 1.54) is 23.1 Å². The Kier molecular flexibility index (Phi) is 7.53. The van der Waals surface area contributed by atoms with E-state index < -0.39 is 5.92 Å². The third kappa shape index (κ3) is 5.27. The molecule has 2 aromatic carbocycles. The summed E-state index contributed by atoms with van der Waals surface area (Å²) in [6.07, 6.45) is 0.930. The minimum absolute atomic E-state index is 0.00310. The summed E-state index contributed by atoms with van der Waals surface area (Å²) in [6, 6.07) is 17.1.